The number of aromatic nitrogens is 3. The first-order chi connectivity index (χ1) is 8.98. The van der Waals surface area contributed by atoms with E-state index >= 15 is 0 Å². The van der Waals surface area contributed by atoms with Crippen molar-refractivity contribution in [1.82, 2.24) is 15.1 Å². The summed E-state index contributed by atoms with van der Waals surface area (Å²) in [5.41, 5.74) is 5.87. The molecule has 0 amide bonds. The van der Waals surface area contributed by atoms with E-state index in [2.05, 4.69) is 15.1 Å². The molecule has 0 aliphatic heterocycles. The van der Waals surface area contributed by atoms with Crippen LogP contribution in [-0.2, 0) is 12.8 Å². The summed E-state index contributed by atoms with van der Waals surface area (Å²) in [5, 5.41) is 6.05. The third-order valence-electron chi connectivity index (χ3n) is 2.23. The molecule has 0 atom stereocenters. The Bertz CT molecular complexity index is 537. The van der Waals surface area contributed by atoms with Crippen molar-refractivity contribution in [2.24, 2.45) is 5.73 Å². The van der Waals surface area contributed by atoms with Crippen LogP contribution in [0, 0.1) is 0 Å². The molecule has 0 unspecified atom stereocenters. The highest BCUT2D eigenvalue weighted by Gasteiger charge is 2.27. The molecule has 0 saturated carbocycles. The molecule has 2 N–H and O–H groups in total. The molecule has 2 aromatic rings. The number of halogens is 3. The number of hydrogen-bond donors (Lipinski definition) is 1. The molecule has 9 heteroatoms. The molecule has 0 aliphatic carbocycles. The van der Waals surface area contributed by atoms with Crippen molar-refractivity contribution < 1.29 is 17.7 Å². The molecule has 0 aromatic carbocycles. The first-order valence-corrected chi connectivity index (χ1v) is 6.40. The highest BCUT2D eigenvalue weighted by molar-refractivity contribution is 7.09. The fourth-order valence-corrected chi connectivity index (χ4v) is 2.15. The second-order valence-electron chi connectivity index (χ2n) is 3.80. The smallest absolute Gasteiger partial charge is 0.332 e. The van der Waals surface area contributed by atoms with Crippen LogP contribution in [0.5, 0.6) is 0 Å². The predicted molar refractivity (Wildman–Crippen MR) is 62.5 cm³/mol. The predicted octanol–water partition coefficient (Wildman–Crippen LogP) is 2.19. The van der Waals surface area contributed by atoms with E-state index in [0.717, 1.165) is 5.01 Å². The van der Waals surface area contributed by atoms with Crippen LogP contribution in [0.4, 0.5) is 13.2 Å². The Kier molecular flexibility index (Phi) is 4.15. The van der Waals surface area contributed by atoms with E-state index in [4.69, 9.17) is 10.3 Å². The number of hydrogen-bond acceptors (Lipinski definition) is 6. The molecule has 0 aliphatic rings. The summed E-state index contributed by atoms with van der Waals surface area (Å²) in [6.07, 6.45) is -4.86. The topological polar surface area (TPSA) is 77.8 Å². The number of nitrogens with two attached hydrogens (primary N) is 1. The van der Waals surface area contributed by atoms with Crippen LogP contribution in [-0.4, -0.2) is 27.8 Å². The lowest BCUT2D eigenvalue weighted by Crippen LogP contribution is -2.09. The van der Waals surface area contributed by atoms with Gasteiger partial charge in [-0.15, -0.1) is 11.3 Å². The molecule has 0 fully saturated rings. The van der Waals surface area contributed by atoms with Gasteiger partial charge in [0, 0.05) is 18.2 Å². The van der Waals surface area contributed by atoms with Gasteiger partial charge in [0.1, 0.15) is 5.69 Å². The molecule has 0 saturated heterocycles. The van der Waals surface area contributed by atoms with Crippen molar-refractivity contribution in [3.63, 3.8) is 0 Å². The van der Waals surface area contributed by atoms with E-state index in [0.29, 0.717) is 18.7 Å². The average Bonchev–Trinajstić information content (AvgIpc) is 2.93. The van der Waals surface area contributed by atoms with Crippen molar-refractivity contribution in [1.29, 1.82) is 0 Å². The summed E-state index contributed by atoms with van der Waals surface area (Å²) >= 11 is 1.40. The Hall–Kier alpha value is -1.48. The molecule has 2 aromatic heterocycles. The zero-order valence-electron chi connectivity index (χ0n) is 9.78. The second-order valence-corrected chi connectivity index (χ2v) is 4.74. The average molecular weight is 292 g/mol. The molecule has 0 spiro atoms. The van der Waals surface area contributed by atoms with Crippen molar-refractivity contribution in [3.05, 3.63) is 16.2 Å². The van der Waals surface area contributed by atoms with E-state index in [1.54, 1.807) is 5.38 Å². The van der Waals surface area contributed by atoms with Gasteiger partial charge in [-0.1, -0.05) is 5.16 Å². The summed E-state index contributed by atoms with van der Waals surface area (Å²) in [6.45, 7) is 0.480. The second kappa shape index (κ2) is 5.66. The fourth-order valence-electron chi connectivity index (χ4n) is 1.36. The van der Waals surface area contributed by atoms with Crippen LogP contribution in [0.3, 0.4) is 0 Å². The normalized spacial score (nSPS) is 12.0. The van der Waals surface area contributed by atoms with Gasteiger partial charge in [0.15, 0.2) is 5.82 Å². The summed E-state index contributed by atoms with van der Waals surface area (Å²) in [7, 11) is 0. The maximum atomic E-state index is 12.1. The van der Waals surface area contributed by atoms with Crippen LogP contribution < -0.4 is 5.73 Å². The van der Waals surface area contributed by atoms with Crippen molar-refractivity contribution in [2.45, 2.75) is 25.4 Å². The summed E-state index contributed by atoms with van der Waals surface area (Å²) < 4.78 is 41.0. The first-order valence-electron chi connectivity index (χ1n) is 5.52. The van der Waals surface area contributed by atoms with Gasteiger partial charge in [0.25, 0.3) is 5.89 Å². The minimum absolute atomic E-state index is 0.0284. The SMILES string of the molecule is NCCc1nc(-c2nc(CCC(F)(F)F)no2)cs1. The number of rotatable bonds is 5. The van der Waals surface area contributed by atoms with Crippen LogP contribution in [0.15, 0.2) is 9.90 Å². The van der Waals surface area contributed by atoms with E-state index < -0.39 is 12.6 Å². The van der Waals surface area contributed by atoms with E-state index in [1.165, 1.54) is 11.3 Å². The quantitative estimate of drug-likeness (QED) is 0.914. The molecule has 19 heavy (non-hydrogen) atoms. The van der Waals surface area contributed by atoms with Crippen LogP contribution in [0.1, 0.15) is 17.3 Å². The Morgan fingerprint density at radius 2 is 2.05 bits per heavy atom. The van der Waals surface area contributed by atoms with Crippen LogP contribution in [0.2, 0.25) is 0 Å². The fraction of sp³-hybridized carbons (Fsp3) is 0.500. The van der Waals surface area contributed by atoms with Gasteiger partial charge in [-0.25, -0.2) is 4.98 Å². The van der Waals surface area contributed by atoms with Gasteiger partial charge in [-0.05, 0) is 6.54 Å². The minimum atomic E-state index is -4.23. The van der Waals surface area contributed by atoms with E-state index in [9.17, 15) is 13.2 Å². The Labute approximate surface area is 110 Å². The van der Waals surface area contributed by atoms with Gasteiger partial charge >= 0.3 is 6.18 Å². The molecule has 0 bridgehead atoms. The molecular formula is C10H11F3N4OS. The number of aryl methyl sites for hydroxylation is 1. The maximum Gasteiger partial charge on any atom is 0.389 e. The first kappa shape index (κ1) is 13.9. The molecule has 0 radical (unpaired) electrons. The van der Waals surface area contributed by atoms with Crippen LogP contribution in [0.25, 0.3) is 11.6 Å². The third kappa shape index (κ3) is 4.00. The minimum Gasteiger partial charge on any atom is -0.332 e. The highest BCUT2D eigenvalue weighted by atomic mass is 32.1. The van der Waals surface area contributed by atoms with Crippen LogP contribution >= 0.6 is 11.3 Å². The van der Waals surface area contributed by atoms with Gasteiger partial charge in [0.05, 0.1) is 11.4 Å². The zero-order valence-corrected chi connectivity index (χ0v) is 10.6. The summed E-state index contributed by atoms with van der Waals surface area (Å²) in [4.78, 5) is 8.10. The lowest BCUT2D eigenvalue weighted by atomic mass is 10.3. The van der Waals surface area contributed by atoms with Gasteiger partial charge in [-0.2, -0.15) is 18.2 Å². The van der Waals surface area contributed by atoms with Crippen molar-refractivity contribution in [3.8, 4) is 11.6 Å². The Balaban J connectivity index is 2.03. The monoisotopic (exact) mass is 292 g/mol. The van der Waals surface area contributed by atoms with Gasteiger partial charge < -0.3 is 10.3 Å². The van der Waals surface area contributed by atoms with Crippen molar-refractivity contribution in [2.75, 3.05) is 6.54 Å². The van der Waals surface area contributed by atoms with E-state index in [1.807, 2.05) is 0 Å². The number of thiazole rings is 1. The zero-order chi connectivity index (χ0) is 13.9. The number of nitrogens with zero attached hydrogens (tertiary/aromatic N) is 3. The summed E-state index contributed by atoms with van der Waals surface area (Å²) in [5.74, 6) is 0.164. The Morgan fingerprint density at radius 1 is 1.26 bits per heavy atom. The molecular weight excluding hydrogens is 281 g/mol. The van der Waals surface area contributed by atoms with Gasteiger partial charge in [-0.3, -0.25) is 0 Å². The third-order valence-corrected chi connectivity index (χ3v) is 3.14. The molecule has 2 heterocycles. The number of alkyl halides is 3. The lowest BCUT2D eigenvalue weighted by Gasteiger charge is -2.01. The van der Waals surface area contributed by atoms with Gasteiger partial charge in [0.2, 0.25) is 0 Å². The highest BCUT2D eigenvalue weighted by Crippen LogP contribution is 2.23. The standard InChI is InChI=1S/C10H11F3N4OS/c11-10(12,13)3-1-7-16-9(18-17-7)6-5-19-8(15-6)2-4-14/h5H,1-4,14H2. The van der Waals surface area contributed by atoms with E-state index in [-0.39, 0.29) is 18.1 Å². The molecule has 5 nitrogen and oxygen atoms in total. The molecule has 104 valence electrons. The largest absolute Gasteiger partial charge is 0.389 e. The molecule has 2 rings (SSSR count). The summed E-state index contributed by atoms with van der Waals surface area (Å²) in [6, 6.07) is 0. The lowest BCUT2D eigenvalue weighted by molar-refractivity contribution is -0.134. The maximum absolute atomic E-state index is 12.1. The Morgan fingerprint density at radius 3 is 2.74 bits per heavy atom. The van der Waals surface area contributed by atoms with Crippen molar-refractivity contribution >= 4 is 11.3 Å².